The van der Waals surface area contributed by atoms with Crippen molar-refractivity contribution in [3.05, 3.63) is 29.8 Å². The third-order valence-corrected chi connectivity index (χ3v) is 6.00. The molecule has 1 saturated carbocycles. The highest BCUT2D eigenvalue weighted by molar-refractivity contribution is 6.10. The van der Waals surface area contributed by atoms with E-state index in [0.29, 0.717) is 6.54 Å². The van der Waals surface area contributed by atoms with E-state index in [0.717, 1.165) is 49.8 Å². The molecule has 25 heavy (non-hydrogen) atoms. The molecule has 5 nitrogen and oxygen atoms in total. The topological polar surface area (TPSA) is 57.7 Å². The Morgan fingerprint density at radius 2 is 1.68 bits per heavy atom. The third-order valence-electron chi connectivity index (χ3n) is 6.00. The summed E-state index contributed by atoms with van der Waals surface area (Å²) in [6.07, 6.45) is 5.41. The van der Waals surface area contributed by atoms with Gasteiger partial charge in [0.05, 0.1) is 11.8 Å². The van der Waals surface area contributed by atoms with Gasteiger partial charge in [-0.05, 0) is 44.2 Å². The number of amides is 3. The van der Waals surface area contributed by atoms with Crippen LogP contribution >= 0.6 is 0 Å². The van der Waals surface area contributed by atoms with Crippen molar-refractivity contribution in [3.8, 4) is 0 Å². The van der Waals surface area contributed by atoms with Crippen molar-refractivity contribution >= 4 is 23.4 Å². The lowest BCUT2D eigenvalue weighted by molar-refractivity contribution is -0.146. The molecule has 1 aromatic carbocycles. The highest BCUT2D eigenvalue weighted by Crippen LogP contribution is 2.39. The molecule has 1 saturated heterocycles. The SMILES string of the molecule is CC(C(=O)N1CCCc2ccccc21)N1C(=O)C2CCCCC2C1=O. The van der Waals surface area contributed by atoms with Crippen LogP contribution in [0.4, 0.5) is 5.69 Å². The van der Waals surface area contributed by atoms with Gasteiger partial charge in [-0.25, -0.2) is 0 Å². The van der Waals surface area contributed by atoms with E-state index in [1.165, 1.54) is 4.90 Å². The average Bonchev–Trinajstić information content (AvgIpc) is 2.91. The molecule has 0 aromatic heterocycles. The number of carbonyl (C=O) groups is 3. The molecule has 2 heterocycles. The lowest BCUT2D eigenvalue weighted by Gasteiger charge is -2.33. The van der Waals surface area contributed by atoms with Gasteiger partial charge in [-0.2, -0.15) is 0 Å². The van der Waals surface area contributed by atoms with Crippen molar-refractivity contribution in [1.29, 1.82) is 0 Å². The standard InChI is InChI=1S/C20H24N2O3/c1-13(22-19(24)15-9-3-4-10-16(15)20(22)25)18(23)21-12-6-8-14-7-2-5-11-17(14)21/h2,5,7,11,13,15-16H,3-4,6,8-10,12H2,1H3. The summed E-state index contributed by atoms with van der Waals surface area (Å²) in [6, 6.07) is 7.17. The van der Waals surface area contributed by atoms with Crippen LogP contribution in [0.3, 0.4) is 0 Å². The Hall–Kier alpha value is -2.17. The maximum Gasteiger partial charge on any atom is 0.249 e. The number of fused-ring (bicyclic) bond motifs is 2. The molecule has 3 aliphatic rings. The zero-order valence-corrected chi connectivity index (χ0v) is 14.6. The second-order valence-corrected chi connectivity index (χ2v) is 7.44. The number of imide groups is 1. The van der Waals surface area contributed by atoms with Gasteiger partial charge >= 0.3 is 0 Å². The van der Waals surface area contributed by atoms with Gasteiger partial charge in [-0.1, -0.05) is 31.0 Å². The number of anilines is 1. The minimum absolute atomic E-state index is 0.138. The Bertz CT molecular complexity index is 705. The monoisotopic (exact) mass is 340 g/mol. The van der Waals surface area contributed by atoms with E-state index in [2.05, 4.69) is 0 Å². The molecule has 0 radical (unpaired) electrons. The zero-order valence-electron chi connectivity index (χ0n) is 14.6. The van der Waals surface area contributed by atoms with Gasteiger partial charge < -0.3 is 4.90 Å². The zero-order chi connectivity index (χ0) is 17.6. The first-order valence-corrected chi connectivity index (χ1v) is 9.36. The van der Waals surface area contributed by atoms with E-state index >= 15 is 0 Å². The average molecular weight is 340 g/mol. The fourth-order valence-electron chi connectivity index (χ4n) is 4.67. The molecule has 1 aliphatic carbocycles. The van der Waals surface area contributed by atoms with Crippen molar-refractivity contribution in [2.45, 2.75) is 51.5 Å². The molecule has 4 rings (SSSR count). The normalized spacial score (nSPS) is 27.1. The predicted molar refractivity (Wildman–Crippen MR) is 93.9 cm³/mol. The Kier molecular flexibility index (Phi) is 4.10. The highest BCUT2D eigenvalue weighted by Gasteiger charge is 2.51. The van der Waals surface area contributed by atoms with Crippen molar-refractivity contribution in [2.24, 2.45) is 11.8 Å². The van der Waals surface area contributed by atoms with E-state index in [9.17, 15) is 14.4 Å². The summed E-state index contributed by atoms with van der Waals surface area (Å²) >= 11 is 0. The van der Waals surface area contributed by atoms with Crippen LogP contribution in [0.25, 0.3) is 0 Å². The summed E-state index contributed by atoms with van der Waals surface area (Å²) in [6.45, 7) is 2.34. The molecule has 0 spiro atoms. The van der Waals surface area contributed by atoms with Crippen molar-refractivity contribution in [3.63, 3.8) is 0 Å². The molecule has 5 heteroatoms. The van der Waals surface area contributed by atoms with E-state index in [1.807, 2.05) is 24.3 Å². The largest absolute Gasteiger partial charge is 0.310 e. The molecule has 0 bridgehead atoms. The van der Waals surface area contributed by atoms with Gasteiger partial charge in [0, 0.05) is 12.2 Å². The van der Waals surface area contributed by atoms with Gasteiger partial charge in [0.25, 0.3) is 0 Å². The summed E-state index contributed by atoms with van der Waals surface area (Å²) in [5.41, 5.74) is 2.07. The van der Waals surface area contributed by atoms with E-state index in [1.54, 1.807) is 11.8 Å². The Labute approximate surface area is 148 Å². The molecule has 3 atom stereocenters. The maximum absolute atomic E-state index is 13.1. The number of aryl methyl sites for hydroxylation is 1. The van der Waals surface area contributed by atoms with Crippen LogP contribution < -0.4 is 4.90 Å². The fraction of sp³-hybridized carbons (Fsp3) is 0.550. The van der Waals surface area contributed by atoms with Crippen LogP contribution in [0.2, 0.25) is 0 Å². The minimum Gasteiger partial charge on any atom is -0.310 e. The Morgan fingerprint density at radius 3 is 2.36 bits per heavy atom. The second-order valence-electron chi connectivity index (χ2n) is 7.44. The van der Waals surface area contributed by atoms with Gasteiger partial charge in [0.1, 0.15) is 6.04 Å². The van der Waals surface area contributed by atoms with E-state index < -0.39 is 6.04 Å². The molecule has 3 amide bonds. The molecule has 0 N–H and O–H groups in total. The molecular weight excluding hydrogens is 316 g/mol. The first-order chi connectivity index (χ1) is 12.1. The van der Waals surface area contributed by atoms with E-state index in [-0.39, 0.29) is 29.6 Å². The molecule has 3 unspecified atom stereocenters. The highest BCUT2D eigenvalue weighted by atomic mass is 16.2. The molecular formula is C20H24N2O3. The molecule has 2 fully saturated rings. The van der Waals surface area contributed by atoms with Gasteiger partial charge in [-0.3, -0.25) is 19.3 Å². The number of benzene rings is 1. The van der Waals surface area contributed by atoms with Crippen LogP contribution in [-0.4, -0.2) is 35.2 Å². The fourth-order valence-corrected chi connectivity index (χ4v) is 4.67. The number of nitrogens with zero attached hydrogens (tertiary/aromatic N) is 2. The van der Waals surface area contributed by atoms with Gasteiger partial charge in [0.15, 0.2) is 0 Å². The van der Waals surface area contributed by atoms with Crippen molar-refractivity contribution in [2.75, 3.05) is 11.4 Å². The molecule has 2 aliphatic heterocycles. The summed E-state index contributed by atoms with van der Waals surface area (Å²) in [5, 5.41) is 0. The molecule has 132 valence electrons. The minimum atomic E-state index is -0.725. The summed E-state index contributed by atoms with van der Waals surface area (Å²) in [7, 11) is 0. The van der Waals surface area contributed by atoms with Crippen LogP contribution in [0.1, 0.15) is 44.6 Å². The lowest BCUT2D eigenvalue weighted by atomic mass is 9.81. The first kappa shape index (κ1) is 16.3. The second kappa shape index (κ2) is 6.28. The maximum atomic E-state index is 13.1. The lowest BCUT2D eigenvalue weighted by Crippen LogP contribution is -2.51. The van der Waals surface area contributed by atoms with Crippen molar-refractivity contribution < 1.29 is 14.4 Å². The van der Waals surface area contributed by atoms with Crippen LogP contribution in [0.15, 0.2) is 24.3 Å². The smallest absolute Gasteiger partial charge is 0.249 e. The Balaban J connectivity index is 1.59. The van der Waals surface area contributed by atoms with Crippen molar-refractivity contribution in [1.82, 2.24) is 4.90 Å². The number of para-hydroxylation sites is 1. The number of likely N-dealkylation sites (tertiary alicyclic amines) is 1. The van der Waals surface area contributed by atoms with Crippen LogP contribution in [-0.2, 0) is 20.8 Å². The quantitative estimate of drug-likeness (QED) is 0.778. The number of carbonyl (C=O) groups excluding carboxylic acids is 3. The molecule has 1 aromatic rings. The number of rotatable bonds is 2. The van der Waals surface area contributed by atoms with Gasteiger partial charge in [0.2, 0.25) is 17.7 Å². The first-order valence-electron chi connectivity index (χ1n) is 9.36. The van der Waals surface area contributed by atoms with Crippen LogP contribution in [0.5, 0.6) is 0 Å². The third kappa shape index (κ3) is 2.57. The Morgan fingerprint density at radius 1 is 1.04 bits per heavy atom. The number of hydrogen-bond acceptors (Lipinski definition) is 3. The number of hydrogen-bond donors (Lipinski definition) is 0. The summed E-state index contributed by atoms with van der Waals surface area (Å²) in [5.74, 6) is -0.829. The summed E-state index contributed by atoms with van der Waals surface area (Å²) in [4.78, 5) is 41.7. The van der Waals surface area contributed by atoms with Crippen LogP contribution in [0, 0.1) is 11.8 Å². The summed E-state index contributed by atoms with van der Waals surface area (Å²) < 4.78 is 0. The van der Waals surface area contributed by atoms with E-state index in [4.69, 9.17) is 0 Å². The van der Waals surface area contributed by atoms with Gasteiger partial charge in [-0.15, -0.1) is 0 Å². The predicted octanol–water partition coefficient (Wildman–Crippen LogP) is 2.53.